The number of rotatable bonds is 10. The molecule has 0 spiro atoms. The summed E-state index contributed by atoms with van der Waals surface area (Å²) >= 11 is 13.7. The van der Waals surface area contributed by atoms with Gasteiger partial charge in [-0.15, -0.1) is 5.10 Å². The Hall–Kier alpha value is -2.88. The molecule has 3 aromatic rings. The first-order chi connectivity index (χ1) is 17.9. The summed E-state index contributed by atoms with van der Waals surface area (Å²) in [7, 11) is 1.37. The van der Waals surface area contributed by atoms with Gasteiger partial charge < -0.3 is 19.5 Å². The maximum absolute atomic E-state index is 12.9. The minimum Gasteiger partial charge on any atom is -0.490 e. The van der Waals surface area contributed by atoms with Crippen molar-refractivity contribution < 1.29 is 19.0 Å². The van der Waals surface area contributed by atoms with Crippen LogP contribution in [0.25, 0.3) is 0 Å². The van der Waals surface area contributed by atoms with Crippen LogP contribution in [0.5, 0.6) is 11.5 Å². The summed E-state index contributed by atoms with van der Waals surface area (Å²) in [5.74, 6) is 2.11. The van der Waals surface area contributed by atoms with Gasteiger partial charge in [-0.05, 0) is 55.7 Å². The number of aromatic nitrogens is 3. The van der Waals surface area contributed by atoms with Gasteiger partial charge in [0.2, 0.25) is 11.1 Å². The van der Waals surface area contributed by atoms with Crippen molar-refractivity contribution in [3.8, 4) is 11.5 Å². The molecule has 11 heteroatoms. The van der Waals surface area contributed by atoms with E-state index < -0.39 is 12.0 Å². The van der Waals surface area contributed by atoms with E-state index in [9.17, 15) is 4.79 Å². The molecule has 2 heterocycles. The lowest BCUT2D eigenvalue weighted by Crippen LogP contribution is -2.29. The number of carbonyl (C=O) groups excluding carboxylic acids is 1. The molecule has 0 fully saturated rings. The van der Waals surface area contributed by atoms with E-state index in [2.05, 4.69) is 17.2 Å². The van der Waals surface area contributed by atoms with Crippen LogP contribution in [0.3, 0.4) is 0 Å². The van der Waals surface area contributed by atoms with Gasteiger partial charge in [0.25, 0.3) is 0 Å². The number of halogens is 2. The minimum absolute atomic E-state index is 0.279. The lowest BCUT2D eigenvalue weighted by molar-refractivity contribution is -0.136. The van der Waals surface area contributed by atoms with Crippen LogP contribution < -0.4 is 14.8 Å². The Labute approximate surface area is 230 Å². The van der Waals surface area contributed by atoms with Crippen LogP contribution in [0, 0.1) is 0 Å². The molecule has 0 bridgehead atoms. The zero-order valence-electron chi connectivity index (χ0n) is 21.0. The molecule has 4 rings (SSSR count). The van der Waals surface area contributed by atoms with Gasteiger partial charge >= 0.3 is 5.97 Å². The third-order valence-corrected chi connectivity index (χ3v) is 7.42. The van der Waals surface area contributed by atoms with Crippen molar-refractivity contribution in [2.24, 2.45) is 0 Å². The standard InChI is InChI=1S/C26H28Cl2N4O4S/c1-5-11-37-26-30-25-29-15(3)22(24(33)34-4)23(32(25)31-26)17-8-10-20(21(13-17)35-6-2)36-14-16-7-9-18(27)19(28)12-16/h7-10,12-13,23H,5-6,11,14H2,1-4H3,(H,29,30,31). The van der Waals surface area contributed by atoms with Gasteiger partial charge in [0, 0.05) is 11.4 Å². The third kappa shape index (κ3) is 6.00. The van der Waals surface area contributed by atoms with Crippen LogP contribution in [-0.4, -0.2) is 40.2 Å². The van der Waals surface area contributed by atoms with E-state index in [1.54, 1.807) is 28.6 Å². The van der Waals surface area contributed by atoms with E-state index in [0.717, 1.165) is 23.3 Å². The van der Waals surface area contributed by atoms with Crippen molar-refractivity contribution in [2.45, 2.75) is 45.0 Å². The van der Waals surface area contributed by atoms with Crippen LogP contribution in [0.2, 0.25) is 10.0 Å². The average Bonchev–Trinajstić information content (AvgIpc) is 3.29. The second kappa shape index (κ2) is 12.1. The van der Waals surface area contributed by atoms with E-state index in [1.165, 1.54) is 7.11 Å². The van der Waals surface area contributed by atoms with Gasteiger partial charge in [0.1, 0.15) is 12.6 Å². The maximum atomic E-state index is 12.9. The summed E-state index contributed by atoms with van der Waals surface area (Å²) < 4.78 is 18.8. The van der Waals surface area contributed by atoms with Crippen molar-refractivity contribution >= 4 is 46.9 Å². The number of fused-ring (bicyclic) bond motifs is 1. The lowest BCUT2D eigenvalue weighted by Gasteiger charge is -2.28. The van der Waals surface area contributed by atoms with Crippen LogP contribution in [0.4, 0.5) is 5.95 Å². The number of ether oxygens (including phenoxy) is 3. The van der Waals surface area contributed by atoms with E-state index in [4.69, 9.17) is 42.5 Å². The lowest BCUT2D eigenvalue weighted by atomic mass is 9.95. The normalized spacial score (nSPS) is 14.7. The Kier molecular flexibility index (Phi) is 8.89. The number of hydrogen-bond acceptors (Lipinski definition) is 8. The highest BCUT2D eigenvalue weighted by atomic mass is 35.5. The highest BCUT2D eigenvalue weighted by Gasteiger charge is 2.35. The Morgan fingerprint density at radius 1 is 1.11 bits per heavy atom. The second-order valence-corrected chi connectivity index (χ2v) is 10.1. The molecule has 0 aliphatic carbocycles. The Morgan fingerprint density at radius 2 is 1.92 bits per heavy atom. The minimum atomic E-state index is -0.560. The van der Waals surface area contributed by atoms with Crippen LogP contribution in [0.1, 0.15) is 44.4 Å². The van der Waals surface area contributed by atoms with Crippen LogP contribution >= 0.6 is 35.0 Å². The van der Waals surface area contributed by atoms with Gasteiger partial charge in [-0.3, -0.25) is 0 Å². The Balaban J connectivity index is 1.71. The molecule has 196 valence electrons. The number of allylic oxidation sites excluding steroid dienone is 1. The largest absolute Gasteiger partial charge is 0.490 e. The quantitative estimate of drug-likeness (QED) is 0.220. The number of anilines is 1. The predicted molar refractivity (Wildman–Crippen MR) is 146 cm³/mol. The molecule has 0 radical (unpaired) electrons. The molecule has 1 aliphatic rings. The molecule has 0 saturated heterocycles. The van der Waals surface area contributed by atoms with Gasteiger partial charge in [0.05, 0.1) is 29.3 Å². The summed E-state index contributed by atoms with van der Waals surface area (Å²) in [5.41, 5.74) is 2.75. The molecule has 0 amide bonds. The molecular weight excluding hydrogens is 535 g/mol. The van der Waals surface area contributed by atoms with Crippen molar-refractivity contribution in [1.82, 2.24) is 14.8 Å². The highest BCUT2D eigenvalue weighted by Crippen LogP contribution is 2.40. The molecule has 1 N–H and O–H groups in total. The molecule has 37 heavy (non-hydrogen) atoms. The molecule has 1 aromatic heterocycles. The smallest absolute Gasteiger partial charge is 0.338 e. The van der Waals surface area contributed by atoms with Crippen molar-refractivity contribution in [1.29, 1.82) is 0 Å². The monoisotopic (exact) mass is 562 g/mol. The van der Waals surface area contributed by atoms with Crippen molar-refractivity contribution in [3.05, 3.63) is 68.8 Å². The van der Waals surface area contributed by atoms with Gasteiger partial charge in [-0.1, -0.05) is 54.0 Å². The molecule has 0 saturated carbocycles. The number of thioether (sulfide) groups is 1. The molecule has 1 atom stereocenters. The number of nitrogens with one attached hydrogen (secondary N) is 1. The fourth-order valence-electron chi connectivity index (χ4n) is 3.94. The van der Waals surface area contributed by atoms with Crippen molar-refractivity contribution in [3.63, 3.8) is 0 Å². The third-order valence-electron chi connectivity index (χ3n) is 5.64. The fraction of sp³-hybridized carbons (Fsp3) is 0.346. The number of benzene rings is 2. The van der Waals surface area contributed by atoms with E-state index in [0.29, 0.717) is 50.5 Å². The van der Waals surface area contributed by atoms with E-state index in [-0.39, 0.29) is 6.61 Å². The first kappa shape index (κ1) is 27.2. The maximum Gasteiger partial charge on any atom is 0.338 e. The zero-order chi connectivity index (χ0) is 26.5. The molecular formula is C26H28Cl2N4O4S. The summed E-state index contributed by atoms with van der Waals surface area (Å²) in [5, 5.41) is 9.49. The number of hydrogen-bond donors (Lipinski definition) is 1. The molecule has 1 unspecified atom stereocenters. The van der Waals surface area contributed by atoms with Crippen LogP contribution in [-0.2, 0) is 16.1 Å². The van der Waals surface area contributed by atoms with E-state index >= 15 is 0 Å². The molecule has 2 aromatic carbocycles. The topological polar surface area (TPSA) is 87.5 Å². The molecule has 1 aliphatic heterocycles. The van der Waals surface area contributed by atoms with E-state index in [1.807, 2.05) is 38.1 Å². The highest BCUT2D eigenvalue weighted by molar-refractivity contribution is 7.99. The van der Waals surface area contributed by atoms with Gasteiger partial charge in [-0.2, -0.15) is 4.98 Å². The summed E-state index contributed by atoms with van der Waals surface area (Å²) in [6.07, 6.45) is 0.998. The predicted octanol–water partition coefficient (Wildman–Crippen LogP) is 6.53. The summed E-state index contributed by atoms with van der Waals surface area (Å²) in [6.45, 7) is 6.54. The molecule has 8 nitrogen and oxygen atoms in total. The average molecular weight is 564 g/mol. The first-order valence-electron chi connectivity index (χ1n) is 11.8. The first-order valence-corrected chi connectivity index (χ1v) is 13.6. The van der Waals surface area contributed by atoms with Crippen LogP contribution in [0.15, 0.2) is 52.8 Å². The second-order valence-electron chi connectivity index (χ2n) is 8.25. The Morgan fingerprint density at radius 3 is 2.62 bits per heavy atom. The van der Waals surface area contributed by atoms with Gasteiger partial charge in [-0.25, -0.2) is 9.48 Å². The Bertz CT molecular complexity index is 1330. The summed E-state index contributed by atoms with van der Waals surface area (Å²) in [6, 6.07) is 10.4. The number of nitrogens with zero attached hydrogens (tertiary/aromatic N) is 3. The van der Waals surface area contributed by atoms with Gasteiger partial charge in [0.15, 0.2) is 11.5 Å². The number of esters is 1. The zero-order valence-corrected chi connectivity index (χ0v) is 23.3. The van der Waals surface area contributed by atoms with Crippen molar-refractivity contribution in [2.75, 3.05) is 24.8 Å². The number of carbonyl (C=O) groups is 1. The number of methoxy groups -OCH3 is 1. The summed E-state index contributed by atoms with van der Waals surface area (Å²) in [4.78, 5) is 17.5. The SMILES string of the molecule is CCCSc1nc2n(n1)C(c1ccc(OCc3ccc(Cl)c(Cl)c3)c(OCC)c1)C(C(=O)OC)=C(C)N2. The fourth-order valence-corrected chi connectivity index (χ4v) is 4.95.